The van der Waals surface area contributed by atoms with Gasteiger partial charge in [-0.1, -0.05) is 41.2 Å². The van der Waals surface area contributed by atoms with Crippen molar-refractivity contribution < 1.29 is 9.53 Å². The minimum Gasteiger partial charge on any atom is -0.493 e. The van der Waals surface area contributed by atoms with E-state index in [9.17, 15) is 9.59 Å². The predicted octanol–water partition coefficient (Wildman–Crippen LogP) is 3.71. The summed E-state index contributed by atoms with van der Waals surface area (Å²) in [5, 5.41) is 5.28. The number of aryl methyl sites for hydroxylation is 1. The van der Waals surface area contributed by atoms with Crippen LogP contribution in [0.3, 0.4) is 0 Å². The number of hydrogen-bond acceptors (Lipinski definition) is 7. The number of ketones is 1. The summed E-state index contributed by atoms with van der Waals surface area (Å²) in [6.45, 7) is 5.68. The Balaban J connectivity index is 1.84. The predicted molar refractivity (Wildman–Crippen MR) is 123 cm³/mol. The first-order valence-electron chi connectivity index (χ1n) is 9.51. The molecule has 1 aliphatic carbocycles. The summed E-state index contributed by atoms with van der Waals surface area (Å²) >= 11 is 1.29. The number of methoxy groups -OCH3 is 1. The van der Waals surface area contributed by atoms with Crippen molar-refractivity contribution in [2.45, 2.75) is 13.3 Å². The van der Waals surface area contributed by atoms with Crippen LogP contribution in [0.4, 0.5) is 5.82 Å². The van der Waals surface area contributed by atoms with Crippen LogP contribution in [0.15, 0.2) is 70.8 Å². The lowest BCUT2D eigenvalue weighted by Gasteiger charge is -2.14. The van der Waals surface area contributed by atoms with Crippen molar-refractivity contribution in [1.29, 1.82) is 0 Å². The van der Waals surface area contributed by atoms with Gasteiger partial charge in [0.2, 0.25) is 10.7 Å². The number of anilines is 1. The van der Waals surface area contributed by atoms with Gasteiger partial charge in [-0.05, 0) is 43.2 Å². The van der Waals surface area contributed by atoms with E-state index < -0.39 is 5.56 Å². The molecule has 0 radical (unpaired) electrons. The van der Waals surface area contributed by atoms with Gasteiger partial charge in [-0.15, -0.1) is 6.58 Å². The smallest absolute Gasteiger partial charge is 0.283 e. The average Bonchev–Trinajstić information content (AvgIpc) is 3.17. The number of Topliss-reactive ketones (excluding diaryl/α,β-unsaturated/α-hetero) is 1. The summed E-state index contributed by atoms with van der Waals surface area (Å²) in [5.74, 6) is 0.161. The Morgan fingerprint density at radius 2 is 2.10 bits per heavy atom. The standard InChI is InChI=1S/C23H20N4O3S/c1-4-6-15-10-14(12-18(30-3)19(15)28)11-17-20(24)27-23(25-21(17)29)31-22(26-27)16-8-5-7-13(2)9-16/h4-5,7-12H,1,6,24H2,2-3H3. The van der Waals surface area contributed by atoms with Crippen molar-refractivity contribution in [3.63, 3.8) is 0 Å². The maximum absolute atomic E-state index is 12.7. The molecule has 1 aromatic carbocycles. The highest BCUT2D eigenvalue weighted by Crippen LogP contribution is 2.28. The molecule has 0 saturated carbocycles. The Bertz CT molecular complexity index is 1380. The van der Waals surface area contributed by atoms with Crippen LogP contribution in [-0.2, 0) is 9.53 Å². The fraction of sp³-hybridized carbons (Fsp3) is 0.130. The number of aromatic nitrogens is 3. The monoisotopic (exact) mass is 432 g/mol. The topological polar surface area (TPSA) is 99.6 Å². The lowest BCUT2D eigenvalue weighted by molar-refractivity contribution is -0.115. The van der Waals surface area contributed by atoms with E-state index in [1.807, 2.05) is 31.2 Å². The number of ether oxygens (including phenoxy) is 1. The van der Waals surface area contributed by atoms with Crippen molar-refractivity contribution in [3.8, 4) is 10.6 Å². The third-order valence-electron chi connectivity index (χ3n) is 4.81. The van der Waals surface area contributed by atoms with E-state index in [-0.39, 0.29) is 22.9 Å². The van der Waals surface area contributed by atoms with Crippen LogP contribution >= 0.6 is 11.3 Å². The number of nitrogens with two attached hydrogens (primary N) is 1. The number of carbonyl (C=O) groups is 1. The van der Waals surface area contributed by atoms with Gasteiger partial charge in [0.05, 0.1) is 12.7 Å². The lowest BCUT2D eigenvalue weighted by atomic mass is 9.95. The van der Waals surface area contributed by atoms with Gasteiger partial charge in [0.25, 0.3) is 5.56 Å². The summed E-state index contributed by atoms with van der Waals surface area (Å²) in [7, 11) is 1.43. The molecule has 3 aromatic rings. The Morgan fingerprint density at radius 3 is 2.81 bits per heavy atom. The second kappa shape index (κ2) is 8.16. The molecule has 31 heavy (non-hydrogen) atoms. The van der Waals surface area contributed by atoms with E-state index in [2.05, 4.69) is 16.7 Å². The highest BCUT2D eigenvalue weighted by atomic mass is 32.1. The van der Waals surface area contributed by atoms with Crippen LogP contribution in [0.5, 0.6) is 0 Å². The quantitative estimate of drug-likeness (QED) is 0.617. The first-order valence-corrected chi connectivity index (χ1v) is 10.3. The number of allylic oxidation sites excluding steroid dienone is 5. The molecule has 0 aliphatic heterocycles. The molecule has 0 fully saturated rings. The third-order valence-corrected chi connectivity index (χ3v) is 5.76. The fourth-order valence-corrected chi connectivity index (χ4v) is 4.20. The van der Waals surface area contributed by atoms with Gasteiger partial charge in [0.1, 0.15) is 10.8 Å². The zero-order chi connectivity index (χ0) is 22.1. The molecule has 0 spiro atoms. The molecule has 0 saturated heterocycles. The van der Waals surface area contributed by atoms with E-state index in [1.54, 1.807) is 24.3 Å². The first-order chi connectivity index (χ1) is 14.9. The summed E-state index contributed by atoms with van der Waals surface area (Å²) < 4.78 is 6.67. The Hall–Kier alpha value is -3.78. The van der Waals surface area contributed by atoms with Crippen LogP contribution in [0, 0.1) is 6.92 Å². The van der Waals surface area contributed by atoms with Crippen LogP contribution in [0.1, 0.15) is 17.5 Å². The van der Waals surface area contributed by atoms with Crippen LogP contribution in [0.2, 0.25) is 0 Å². The summed E-state index contributed by atoms with van der Waals surface area (Å²) in [4.78, 5) is 29.7. The third kappa shape index (κ3) is 3.85. The van der Waals surface area contributed by atoms with Crippen molar-refractivity contribution in [2.24, 2.45) is 0 Å². The van der Waals surface area contributed by atoms with E-state index in [0.29, 0.717) is 27.5 Å². The SMILES string of the molecule is C=CCC1=CC(=Cc2c(N)n3nc(-c4cccc(C)c4)sc3nc2=O)C=C(OC)C1=O. The van der Waals surface area contributed by atoms with Gasteiger partial charge < -0.3 is 10.5 Å². The maximum atomic E-state index is 12.7. The number of carbonyl (C=O) groups excluding carboxylic acids is 1. The number of hydrogen-bond donors (Lipinski definition) is 1. The van der Waals surface area contributed by atoms with Crippen molar-refractivity contribution in [2.75, 3.05) is 12.8 Å². The normalized spacial score (nSPS) is 15.2. The summed E-state index contributed by atoms with van der Waals surface area (Å²) in [6, 6.07) is 7.91. The molecule has 0 unspecified atom stereocenters. The molecule has 8 heteroatoms. The van der Waals surface area contributed by atoms with E-state index in [0.717, 1.165) is 11.1 Å². The summed E-state index contributed by atoms with van der Waals surface area (Å²) in [5.41, 5.74) is 9.20. The first kappa shape index (κ1) is 20.5. The van der Waals surface area contributed by atoms with E-state index >= 15 is 0 Å². The molecule has 7 nitrogen and oxygen atoms in total. The Kier molecular flexibility index (Phi) is 5.39. The molecule has 2 aromatic heterocycles. The van der Waals surface area contributed by atoms with Crippen molar-refractivity contribution in [3.05, 3.63) is 87.5 Å². The average molecular weight is 433 g/mol. The van der Waals surface area contributed by atoms with Gasteiger partial charge in [0, 0.05) is 11.1 Å². The number of benzene rings is 1. The minimum absolute atomic E-state index is 0.181. The summed E-state index contributed by atoms with van der Waals surface area (Å²) in [6.07, 6.45) is 6.88. The number of nitrogens with zero attached hydrogens (tertiary/aromatic N) is 3. The largest absolute Gasteiger partial charge is 0.493 e. The van der Waals surface area contributed by atoms with Crippen molar-refractivity contribution >= 4 is 34.0 Å². The fourth-order valence-electron chi connectivity index (χ4n) is 3.30. The number of fused-ring (bicyclic) bond motifs is 1. The van der Waals surface area contributed by atoms with Gasteiger partial charge in [-0.2, -0.15) is 14.6 Å². The molecule has 0 bridgehead atoms. The Labute approximate surface area is 182 Å². The molecule has 2 heterocycles. The molecule has 4 rings (SSSR count). The zero-order valence-corrected chi connectivity index (χ0v) is 17.9. The lowest BCUT2D eigenvalue weighted by Crippen LogP contribution is -2.17. The van der Waals surface area contributed by atoms with Gasteiger partial charge in [0.15, 0.2) is 5.76 Å². The highest BCUT2D eigenvalue weighted by Gasteiger charge is 2.21. The second-order valence-electron chi connectivity index (χ2n) is 7.04. The van der Waals surface area contributed by atoms with E-state index in [4.69, 9.17) is 10.5 Å². The molecular formula is C23H20N4O3S. The van der Waals surface area contributed by atoms with Crippen LogP contribution < -0.4 is 11.3 Å². The number of rotatable bonds is 5. The maximum Gasteiger partial charge on any atom is 0.283 e. The molecule has 156 valence electrons. The molecule has 0 atom stereocenters. The molecule has 1 aliphatic rings. The highest BCUT2D eigenvalue weighted by molar-refractivity contribution is 7.19. The van der Waals surface area contributed by atoms with Crippen LogP contribution in [-0.4, -0.2) is 27.5 Å². The van der Waals surface area contributed by atoms with Crippen LogP contribution in [0.25, 0.3) is 21.6 Å². The zero-order valence-electron chi connectivity index (χ0n) is 17.1. The van der Waals surface area contributed by atoms with Gasteiger partial charge in [-0.25, -0.2) is 0 Å². The van der Waals surface area contributed by atoms with Crippen molar-refractivity contribution in [1.82, 2.24) is 14.6 Å². The minimum atomic E-state index is -0.465. The second-order valence-corrected chi connectivity index (χ2v) is 7.99. The Morgan fingerprint density at radius 1 is 1.29 bits per heavy atom. The van der Waals surface area contributed by atoms with E-state index in [1.165, 1.54) is 23.0 Å². The molecule has 0 amide bonds. The van der Waals surface area contributed by atoms with Gasteiger partial charge >= 0.3 is 0 Å². The molecular weight excluding hydrogens is 412 g/mol. The number of nitrogen functional groups attached to an aromatic ring is 1. The van der Waals surface area contributed by atoms with Gasteiger partial charge in [-0.3, -0.25) is 9.59 Å². The molecule has 2 N–H and O–H groups in total.